The summed E-state index contributed by atoms with van der Waals surface area (Å²) in [4.78, 5) is 0. The van der Waals surface area contributed by atoms with Crippen molar-refractivity contribution in [3.05, 3.63) is 70.2 Å². The minimum Gasteiger partial charge on any atom is -0.493 e. The zero-order valence-electron chi connectivity index (χ0n) is 15.2. The third-order valence-corrected chi connectivity index (χ3v) is 4.63. The number of methoxy groups -OCH3 is 1. The van der Waals surface area contributed by atoms with Crippen LogP contribution >= 0.6 is 23.2 Å². The van der Waals surface area contributed by atoms with E-state index in [1.165, 1.54) is 0 Å². The SMILES string of the molecule is C=CCn1nnnc1NCc1ccc(OCc2ccc(Cl)c(Cl)c2)c(OC)c1. The van der Waals surface area contributed by atoms with Crippen LogP contribution in [0.3, 0.4) is 0 Å². The van der Waals surface area contributed by atoms with Crippen molar-refractivity contribution in [1.82, 2.24) is 20.2 Å². The van der Waals surface area contributed by atoms with E-state index in [2.05, 4.69) is 27.4 Å². The first-order chi connectivity index (χ1) is 13.6. The molecule has 146 valence electrons. The highest BCUT2D eigenvalue weighted by Crippen LogP contribution is 2.30. The lowest BCUT2D eigenvalue weighted by Crippen LogP contribution is -2.08. The number of hydrogen-bond acceptors (Lipinski definition) is 6. The molecule has 3 rings (SSSR count). The van der Waals surface area contributed by atoms with Crippen LogP contribution < -0.4 is 14.8 Å². The van der Waals surface area contributed by atoms with Crippen LogP contribution in [0.25, 0.3) is 0 Å². The van der Waals surface area contributed by atoms with Crippen molar-refractivity contribution in [2.24, 2.45) is 0 Å². The van der Waals surface area contributed by atoms with E-state index >= 15 is 0 Å². The Bertz CT molecular complexity index is 961. The van der Waals surface area contributed by atoms with Gasteiger partial charge < -0.3 is 14.8 Å². The summed E-state index contributed by atoms with van der Waals surface area (Å²) in [6, 6.07) is 11.1. The highest BCUT2D eigenvalue weighted by atomic mass is 35.5. The molecule has 0 fully saturated rings. The van der Waals surface area contributed by atoms with Crippen LogP contribution in [-0.2, 0) is 19.7 Å². The summed E-state index contributed by atoms with van der Waals surface area (Å²) >= 11 is 12.0. The Kier molecular flexibility index (Phi) is 6.73. The van der Waals surface area contributed by atoms with Crippen molar-refractivity contribution >= 4 is 29.2 Å². The number of halogens is 2. The van der Waals surface area contributed by atoms with E-state index in [0.29, 0.717) is 47.2 Å². The Morgan fingerprint density at radius 3 is 2.68 bits per heavy atom. The Morgan fingerprint density at radius 1 is 1.11 bits per heavy atom. The zero-order chi connectivity index (χ0) is 19.9. The van der Waals surface area contributed by atoms with E-state index in [9.17, 15) is 0 Å². The van der Waals surface area contributed by atoms with Gasteiger partial charge in [0.1, 0.15) is 6.61 Å². The maximum Gasteiger partial charge on any atom is 0.243 e. The van der Waals surface area contributed by atoms with E-state index in [0.717, 1.165) is 11.1 Å². The molecule has 0 aliphatic carbocycles. The maximum absolute atomic E-state index is 6.04. The van der Waals surface area contributed by atoms with Gasteiger partial charge in [-0.2, -0.15) is 0 Å². The molecule has 2 aromatic carbocycles. The van der Waals surface area contributed by atoms with Gasteiger partial charge in [0.05, 0.1) is 23.7 Å². The number of rotatable bonds is 9. The predicted octanol–water partition coefficient (Wildman–Crippen LogP) is 4.37. The van der Waals surface area contributed by atoms with Crippen molar-refractivity contribution in [2.75, 3.05) is 12.4 Å². The number of nitrogens with one attached hydrogen (secondary N) is 1. The minimum absolute atomic E-state index is 0.348. The van der Waals surface area contributed by atoms with Gasteiger partial charge in [0.15, 0.2) is 11.5 Å². The molecule has 0 saturated heterocycles. The van der Waals surface area contributed by atoms with Gasteiger partial charge in [-0.25, -0.2) is 4.68 Å². The number of tetrazole rings is 1. The standard InChI is InChI=1S/C19H19Cl2N5O2/c1-3-8-26-19(23-24-25-26)22-11-13-5-7-17(18(10-13)27-2)28-12-14-4-6-15(20)16(21)9-14/h3-7,9-10H,1,8,11-12H2,2H3,(H,22,23,25). The maximum atomic E-state index is 6.04. The number of allylic oxidation sites excluding steroid dienone is 1. The monoisotopic (exact) mass is 419 g/mol. The topological polar surface area (TPSA) is 74.1 Å². The molecule has 3 aromatic rings. The molecule has 0 saturated carbocycles. The molecule has 7 nitrogen and oxygen atoms in total. The molecule has 0 aliphatic rings. The lowest BCUT2D eigenvalue weighted by molar-refractivity contribution is 0.284. The van der Waals surface area contributed by atoms with Gasteiger partial charge in [-0.3, -0.25) is 0 Å². The van der Waals surface area contributed by atoms with Gasteiger partial charge in [0.2, 0.25) is 5.95 Å². The lowest BCUT2D eigenvalue weighted by atomic mass is 10.2. The smallest absolute Gasteiger partial charge is 0.243 e. The normalized spacial score (nSPS) is 10.5. The van der Waals surface area contributed by atoms with Crippen LogP contribution in [0.1, 0.15) is 11.1 Å². The van der Waals surface area contributed by atoms with Gasteiger partial charge in [0, 0.05) is 6.54 Å². The fraction of sp³-hybridized carbons (Fsp3) is 0.211. The van der Waals surface area contributed by atoms with Crippen LogP contribution in [0, 0.1) is 0 Å². The number of anilines is 1. The number of ether oxygens (including phenoxy) is 2. The molecule has 0 atom stereocenters. The number of benzene rings is 2. The molecule has 0 radical (unpaired) electrons. The molecule has 0 bridgehead atoms. The van der Waals surface area contributed by atoms with Gasteiger partial charge >= 0.3 is 0 Å². The van der Waals surface area contributed by atoms with E-state index in [4.69, 9.17) is 32.7 Å². The fourth-order valence-electron chi connectivity index (χ4n) is 2.49. The third kappa shape index (κ3) is 4.94. The van der Waals surface area contributed by atoms with Gasteiger partial charge in [-0.05, 0) is 45.8 Å². The molecular formula is C19H19Cl2N5O2. The summed E-state index contributed by atoms with van der Waals surface area (Å²) in [6.07, 6.45) is 1.73. The largest absolute Gasteiger partial charge is 0.493 e. The lowest BCUT2D eigenvalue weighted by Gasteiger charge is -2.13. The molecule has 0 unspecified atom stereocenters. The van der Waals surface area contributed by atoms with Crippen molar-refractivity contribution < 1.29 is 9.47 Å². The number of nitrogens with zero attached hydrogens (tertiary/aromatic N) is 4. The molecule has 1 heterocycles. The molecular weight excluding hydrogens is 401 g/mol. The van der Waals surface area contributed by atoms with E-state index in [-0.39, 0.29) is 0 Å². The average Bonchev–Trinajstić information content (AvgIpc) is 3.15. The molecule has 0 spiro atoms. The second-order valence-electron chi connectivity index (χ2n) is 5.85. The Morgan fingerprint density at radius 2 is 1.93 bits per heavy atom. The molecule has 1 N–H and O–H groups in total. The van der Waals surface area contributed by atoms with Crippen molar-refractivity contribution in [1.29, 1.82) is 0 Å². The second kappa shape index (κ2) is 9.43. The summed E-state index contributed by atoms with van der Waals surface area (Å²) in [6.45, 7) is 5.09. The van der Waals surface area contributed by atoms with Crippen LogP contribution in [0.15, 0.2) is 49.1 Å². The highest BCUT2D eigenvalue weighted by molar-refractivity contribution is 6.42. The van der Waals surface area contributed by atoms with Crippen molar-refractivity contribution in [3.63, 3.8) is 0 Å². The Balaban J connectivity index is 1.65. The molecule has 1 aromatic heterocycles. The number of hydrogen-bond donors (Lipinski definition) is 1. The Hall–Kier alpha value is -2.77. The van der Waals surface area contributed by atoms with Crippen molar-refractivity contribution in [2.45, 2.75) is 19.7 Å². The quantitative estimate of drug-likeness (QED) is 0.519. The van der Waals surface area contributed by atoms with Crippen LogP contribution in [0.2, 0.25) is 10.0 Å². The van der Waals surface area contributed by atoms with E-state index < -0.39 is 0 Å². The van der Waals surface area contributed by atoms with Gasteiger partial charge in [-0.15, -0.1) is 6.58 Å². The first-order valence-electron chi connectivity index (χ1n) is 8.45. The summed E-state index contributed by atoms with van der Waals surface area (Å²) in [5.74, 6) is 1.83. The molecule has 9 heteroatoms. The van der Waals surface area contributed by atoms with Crippen molar-refractivity contribution in [3.8, 4) is 11.5 Å². The predicted molar refractivity (Wildman–Crippen MR) is 109 cm³/mol. The zero-order valence-corrected chi connectivity index (χ0v) is 16.7. The summed E-state index contributed by atoms with van der Waals surface area (Å²) in [7, 11) is 1.60. The van der Waals surface area contributed by atoms with Crippen LogP contribution in [-0.4, -0.2) is 27.3 Å². The molecule has 0 amide bonds. The van der Waals surface area contributed by atoms with Gasteiger partial charge in [0.25, 0.3) is 0 Å². The summed E-state index contributed by atoms with van der Waals surface area (Å²) < 4.78 is 13.0. The highest BCUT2D eigenvalue weighted by Gasteiger charge is 2.09. The third-order valence-electron chi connectivity index (χ3n) is 3.89. The Labute approximate surface area is 172 Å². The summed E-state index contributed by atoms with van der Waals surface area (Å²) in [5.41, 5.74) is 1.91. The minimum atomic E-state index is 0.348. The number of aromatic nitrogens is 4. The van der Waals surface area contributed by atoms with Crippen LogP contribution in [0.5, 0.6) is 11.5 Å². The first kappa shape index (κ1) is 20.0. The van der Waals surface area contributed by atoms with Gasteiger partial charge in [-0.1, -0.05) is 46.5 Å². The first-order valence-corrected chi connectivity index (χ1v) is 9.21. The van der Waals surface area contributed by atoms with E-state index in [1.807, 2.05) is 24.3 Å². The van der Waals surface area contributed by atoms with Crippen LogP contribution in [0.4, 0.5) is 5.95 Å². The molecule has 0 aliphatic heterocycles. The fourth-order valence-corrected chi connectivity index (χ4v) is 2.81. The molecule has 28 heavy (non-hydrogen) atoms. The second-order valence-corrected chi connectivity index (χ2v) is 6.66. The summed E-state index contributed by atoms with van der Waals surface area (Å²) in [5, 5.41) is 15.7. The average molecular weight is 420 g/mol. The van der Waals surface area contributed by atoms with E-state index in [1.54, 1.807) is 30.0 Å².